The Labute approximate surface area is 167 Å². The van der Waals surface area contributed by atoms with Crippen LogP contribution in [-0.2, 0) is 9.31 Å². The predicted molar refractivity (Wildman–Crippen MR) is 113 cm³/mol. The Morgan fingerprint density at radius 1 is 0.929 bits per heavy atom. The van der Waals surface area contributed by atoms with Gasteiger partial charge in [0.05, 0.1) is 6.10 Å². The second-order valence-electron chi connectivity index (χ2n) is 7.78. The molecule has 1 heterocycles. The fourth-order valence-corrected chi connectivity index (χ4v) is 4.54. The lowest BCUT2D eigenvalue weighted by Gasteiger charge is -2.21. The fraction of sp³-hybridized carbons (Fsp3) is 0.333. The summed E-state index contributed by atoms with van der Waals surface area (Å²) in [5, 5.41) is 10.5. The van der Waals surface area contributed by atoms with E-state index in [-0.39, 0.29) is 7.12 Å². The zero-order valence-electron chi connectivity index (χ0n) is 16.1. The highest BCUT2D eigenvalue weighted by Crippen LogP contribution is 2.44. The fourth-order valence-electron chi connectivity index (χ4n) is 4.54. The SMILES string of the molecule is C=C[C@@H]1C[C@H](C=C[C@@H](O)c2ccccc2)[C@H]2COB(c3ccccc3)OC[C@H]21. The summed E-state index contributed by atoms with van der Waals surface area (Å²) < 4.78 is 12.3. The smallest absolute Gasteiger partial charge is 0.407 e. The quantitative estimate of drug-likeness (QED) is 0.640. The molecule has 0 spiro atoms. The van der Waals surface area contributed by atoms with Crippen LogP contribution in [0.5, 0.6) is 0 Å². The van der Waals surface area contributed by atoms with Crippen LogP contribution in [0, 0.1) is 23.7 Å². The van der Waals surface area contributed by atoms with Crippen LogP contribution in [0.15, 0.2) is 85.5 Å². The lowest BCUT2D eigenvalue weighted by molar-refractivity contribution is 0.202. The molecule has 2 aromatic rings. The van der Waals surface area contributed by atoms with Gasteiger partial charge in [0.25, 0.3) is 0 Å². The van der Waals surface area contributed by atoms with Crippen LogP contribution in [0.3, 0.4) is 0 Å². The van der Waals surface area contributed by atoms with E-state index in [2.05, 4.69) is 18.7 Å². The third-order valence-corrected chi connectivity index (χ3v) is 6.13. The maximum Gasteiger partial charge on any atom is 0.493 e. The van der Waals surface area contributed by atoms with Gasteiger partial charge in [-0.15, -0.1) is 6.58 Å². The van der Waals surface area contributed by atoms with Gasteiger partial charge in [-0.2, -0.15) is 0 Å². The molecule has 144 valence electrons. The van der Waals surface area contributed by atoms with Crippen molar-refractivity contribution in [1.82, 2.24) is 0 Å². The first-order valence-corrected chi connectivity index (χ1v) is 10.1. The Morgan fingerprint density at radius 3 is 2.18 bits per heavy atom. The first-order chi connectivity index (χ1) is 13.8. The standard InChI is InChI=1S/C24H27BO3/c1-2-18-15-20(13-14-24(26)19-9-5-3-6-10-19)23-17-28-25(27-16-22(18)23)21-11-7-4-8-12-21/h2-14,18,20,22-24,26H,1,15-17H2/t18-,20+,22+,23-,24-/m1/s1. The van der Waals surface area contributed by atoms with Crippen LogP contribution in [0.1, 0.15) is 18.1 Å². The number of fused-ring (bicyclic) bond motifs is 1. The van der Waals surface area contributed by atoms with E-state index in [1.807, 2.05) is 66.7 Å². The normalized spacial score (nSPS) is 28.7. The molecule has 0 amide bonds. The third-order valence-electron chi connectivity index (χ3n) is 6.13. The molecule has 1 N–H and O–H groups in total. The Balaban J connectivity index is 1.47. The lowest BCUT2D eigenvalue weighted by Crippen LogP contribution is -2.36. The summed E-state index contributed by atoms with van der Waals surface area (Å²) in [5.74, 6) is 1.53. The molecule has 28 heavy (non-hydrogen) atoms. The van der Waals surface area contributed by atoms with E-state index >= 15 is 0 Å². The van der Waals surface area contributed by atoms with E-state index in [1.165, 1.54) is 0 Å². The highest BCUT2D eigenvalue weighted by molar-refractivity contribution is 6.61. The monoisotopic (exact) mass is 374 g/mol. The number of hydrogen-bond donors (Lipinski definition) is 1. The van der Waals surface area contributed by atoms with Crippen LogP contribution in [0.25, 0.3) is 0 Å². The van der Waals surface area contributed by atoms with Crippen molar-refractivity contribution < 1.29 is 14.4 Å². The van der Waals surface area contributed by atoms with Gasteiger partial charge in [-0.05, 0) is 41.1 Å². The minimum atomic E-state index is -0.581. The number of allylic oxidation sites excluding steroid dienone is 2. The highest BCUT2D eigenvalue weighted by Gasteiger charge is 2.44. The topological polar surface area (TPSA) is 38.7 Å². The second-order valence-corrected chi connectivity index (χ2v) is 7.78. The summed E-state index contributed by atoms with van der Waals surface area (Å²) in [5.41, 5.74) is 1.97. The molecule has 2 fully saturated rings. The molecule has 4 rings (SSSR count). The number of rotatable bonds is 5. The predicted octanol–water partition coefficient (Wildman–Crippen LogP) is 3.77. The van der Waals surface area contributed by atoms with Gasteiger partial charge >= 0.3 is 7.12 Å². The lowest BCUT2D eigenvalue weighted by atomic mass is 9.79. The minimum Gasteiger partial charge on any atom is -0.407 e. The Bertz CT molecular complexity index is 792. The maximum absolute atomic E-state index is 10.5. The molecule has 4 heteroatoms. The average Bonchev–Trinajstić information content (AvgIpc) is 2.94. The number of benzene rings is 2. The zero-order chi connectivity index (χ0) is 19.3. The van der Waals surface area contributed by atoms with Gasteiger partial charge in [-0.25, -0.2) is 0 Å². The van der Waals surface area contributed by atoms with E-state index in [1.54, 1.807) is 0 Å². The van der Waals surface area contributed by atoms with Crippen molar-refractivity contribution >= 4 is 12.6 Å². The van der Waals surface area contributed by atoms with Crippen molar-refractivity contribution in [2.45, 2.75) is 12.5 Å². The molecular formula is C24H27BO3. The summed E-state index contributed by atoms with van der Waals surface area (Å²) in [7, 11) is -0.309. The number of aliphatic hydroxyl groups excluding tert-OH is 1. The molecule has 3 nitrogen and oxygen atoms in total. The molecule has 1 aliphatic heterocycles. The molecule has 1 aliphatic carbocycles. The Morgan fingerprint density at radius 2 is 1.54 bits per heavy atom. The molecule has 2 aromatic carbocycles. The molecule has 2 aliphatic rings. The molecule has 0 unspecified atom stereocenters. The summed E-state index contributed by atoms with van der Waals surface area (Å²) in [4.78, 5) is 0. The van der Waals surface area contributed by atoms with E-state index in [0.717, 1.165) is 17.4 Å². The average molecular weight is 374 g/mol. The summed E-state index contributed by atoms with van der Waals surface area (Å²) in [6.45, 7) is 5.38. The Kier molecular flexibility index (Phi) is 6.11. The van der Waals surface area contributed by atoms with Crippen molar-refractivity contribution in [2.24, 2.45) is 23.7 Å². The first-order valence-electron chi connectivity index (χ1n) is 10.1. The molecule has 1 saturated heterocycles. The van der Waals surface area contributed by atoms with Gasteiger partial charge in [-0.3, -0.25) is 0 Å². The van der Waals surface area contributed by atoms with Crippen LogP contribution < -0.4 is 5.46 Å². The minimum absolute atomic E-state index is 0.309. The molecule has 5 atom stereocenters. The van der Waals surface area contributed by atoms with Crippen molar-refractivity contribution in [3.05, 3.63) is 91.0 Å². The van der Waals surface area contributed by atoms with Crippen molar-refractivity contribution in [3.63, 3.8) is 0 Å². The van der Waals surface area contributed by atoms with Crippen LogP contribution in [0.2, 0.25) is 0 Å². The van der Waals surface area contributed by atoms with Gasteiger partial charge in [0.15, 0.2) is 0 Å². The van der Waals surface area contributed by atoms with Gasteiger partial charge in [-0.1, -0.05) is 78.9 Å². The van der Waals surface area contributed by atoms with Crippen molar-refractivity contribution in [1.29, 1.82) is 0 Å². The third kappa shape index (κ3) is 4.14. The number of hydrogen-bond acceptors (Lipinski definition) is 3. The van der Waals surface area contributed by atoms with E-state index in [0.29, 0.717) is 36.9 Å². The largest absolute Gasteiger partial charge is 0.493 e. The van der Waals surface area contributed by atoms with Crippen LogP contribution in [0.4, 0.5) is 0 Å². The Hall–Kier alpha value is -2.14. The first kappa shape index (κ1) is 19.2. The van der Waals surface area contributed by atoms with Crippen LogP contribution >= 0.6 is 0 Å². The maximum atomic E-state index is 10.5. The van der Waals surface area contributed by atoms with Crippen molar-refractivity contribution in [2.75, 3.05) is 13.2 Å². The van der Waals surface area contributed by atoms with Crippen LogP contribution in [-0.4, -0.2) is 25.4 Å². The van der Waals surface area contributed by atoms with E-state index in [4.69, 9.17) is 9.31 Å². The summed E-state index contributed by atoms with van der Waals surface area (Å²) >= 11 is 0. The summed E-state index contributed by atoms with van der Waals surface area (Å²) in [6, 6.07) is 19.9. The number of aliphatic hydroxyl groups is 1. The zero-order valence-corrected chi connectivity index (χ0v) is 16.1. The molecule has 1 saturated carbocycles. The van der Waals surface area contributed by atoms with E-state index < -0.39 is 6.10 Å². The highest BCUT2D eigenvalue weighted by atomic mass is 16.6. The molecule has 0 bridgehead atoms. The van der Waals surface area contributed by atoms with Gasteiger partial charge < -0.3 is 14.4 Å². The second kappa shape index (κ2) is 8.91. The summed E-state index contributed by atoms with van der Waals surface area (Å²) in [6.07, 6.45) is 6.60. The molecule has 0 radical (unpaired) electrons. The van der Waals surface area contributed by atoms with Crippen molar-refractivity contribution in [3.8, 4) is 0 Å². The molecular weight excluding hydrogens is 347 g/mol. The van der Waals surface area contributed by atoms with Gasteiger partial charge in [0.2, 0.25) is 0 Å². The molecule has 0 aromatic heterocycles. The van der Waals surface area contributed by atoms with Gasteiger partial charge in [0.1, 0.15) is 0 Å². The van der Waals surface area contributed by atoms with E-state index in [9.17, 15) is 5.11 Å². The van der Waals surface area contributed by atoms with Gasteiger partial charge in [0, 0.05) is 13.2 Å².